The summed E-state index contributed by atoms with van der Waals surface area (Å²) in [5.41, 5.74) is -1.22. The van der Waals surface area contributed by atoms with Crippen molar-refractivity contribution < 1.29 is 31.1 Å². The fourth-order valence-corrected chi connectivity index (χ4v) is 5.22. The van der Waals surface area contributed by atoms with Gasteiger partial charge >= 0.3 is 6.18 Å². The minimum atomic E-state index is -4.70. The average molecular weight is 440 g/mol. The van der Waals surface area contributed by atoms with E-state index in [9.17, 15) is 21.6 Å². The van der Waals surface area contributed by atoms with E-state index in [-0.39, 0.29) is 25.7 Å². The quantitative estimate of drug-likeness (QED) is 0.762. The van der Waals surface area contributed by atoms with E-state index >= 15 is 0 Å². The summed E-state index contributed by atoms with van der Waals surface area (Å²) in [5.74, 6) is 0. The molecule has 0 aliphatic carbocycles. The number of hydrogen-bond donors (Lipinski definition) is 1. The molecule has 2 aliphatic rings. The molecule has 166 valence electrons. The lowest BCUT2D eigenvalue weighted by atomic mass is 10.1. The Morgan fingerprint density at radius 2 is 1.83 bits per heavy atom. The summed E-state index contributed by atoms with van der Waals surface area (Å²) in [5, 5.41) is 6.40. The number of halogens is 3. The van der Waals surface area contributed by atoms with E-state index in [1.807, 2.05) is 0 Å². The zero-order chi connectivity index (χ0) is 21.1. The van der Waals surface area contributed by atoms with E-state index in [4.69, 9.17) is 9.47 Å². The van der Waals surface area contributed by atoms with Crippen LogP contribution in [0.1, 0.15) is 31.4 Å². The maximum atomic E-state index is 12.9. The van der Waals surface area contributed by atoms with Crippen molar-refractivity contribution in [3.63, 3.8) is 0 Å². The smallest absolute Gasteiger partial charge is 0.381 e. The number of sulfonamides is 1. The van der Waals surface area contributed by atoms with Crippen LogP contribution in [-0.4, -0.2) is 74.1 Å². The molecule has 1 unspecified atom stereocenters. The van der Waals surface area contributed by atoms with Gasteiger partial charge in [-0.3, -0.25) is 4.68 Å². The predicted octanol–water partition coefficient (Wildman–Crippen LogP) is 1.38. The summed E-state index contributed by atoms with van der Waals surface area (Å²) >= 11 is 0. The summed E-state index contributed by atoms with van der Waals surface area (Å²) in [6.07, 6.45) is -1.56. The highest BCUT2D eigenvalue weighted by Gasteiger charge is 2.38. The molecule has 2 saturated heterocycles. The van der Waals surface area contributed by atoms with Crippen LogP contribution < -0.4 is 5.32 Å². The zero-order valence-corrected chi connectivity index (χ0v) is 17.1. The second kappa shape index (κ2) is 9.29. The number of nitrogens with one attached hydrogen (secondary N) is 1. The van der Waals surface area contributed by atoms with Gasteiger partial charge in [0.1, 0.15) is 0 Å². The van der Waals surface area contributed by atoms with Crippen molar-refractivity contribution in [2.24, 2.45) is 7.05 Å². The summed E-state index contributed by atoms with van der Waals surface area (Å²) < 4.78 is 77.5. The fourth-order valence-electron chi connectivity index (χ4n) is 3.63. The summed E-state index contributed by atoms with van der Waals surface area (Å²) in [4.78, 5) is 0. The first-order chi connectivity index (χ1) is 13.7. The van der Waals surface area contributed by atoms with Crippen LogP contribution in [0.4, 0.5) is 13.2 Å². The van der Waals surface area contributed by atoms with Gasteiger partial charge in [0.05, 0.1) is 13.2 Å². The van der Waals surface area contributed by atoms with Gasteiger partial charge in [-0.05, 0) is 25.7 Å². The molecule has 1 atom stereocenters. The van der Waals surface area contributed by atoms with Gasteiger partial charge in [0.25, 0.3) is 10.0 Å². The maximum Gasteiger partial charge on any atom is 0.435 e. The molecule has 1 aromatic rings. The fraction of sp³-hybridized carbons (Fsp3) is 0.824. The molecule has 0 radical (unpaired) electrons. The van der Waals surface area contributed by atoms with Crippen LogP contribution in [0.25, 0.3) is 0 Å². The Labute approximate surface area is 168 Å². The molecule has 0 aromatic carbocycles. The Balaban J connectivity index is 1.66. The second-order valence-electron chi connectivity index (χ2n) is 7.36. The van der Waals surface area contributed by atoms with Gasteiger partial charge in [-0.2, -0.15) is 22.6 Å². The first-order valence-electron chi connectivity index (χ1n) is 9.71. The van der Waals surface area contributed by atoms with E-state index in [1.54, 1.807) is 0 Å². The number of rotatable bonds is 4. The van der Waals surface area contributed by atoms with Gasteiger partial charge < -0.3 is 14.8 Å². The third kappa shape index (κ3) is 5.69. The molecule has 29 heavy (non-hydrogen) atoms. The largest absolute Gasteiger partial charge is 0.435 e. The molecular weight excluding hydrogens is 413 g/mol. The lowest BCUT2D eigenvalue weighted by Crippen LogP contribution is -2.44. The molecule has 0 saturated carbocycles. The number of hydrogen-bond acceptors (Lipinski definition) is 6. The van der Waals surface area contributed by atoms with Gasteiger partial charge in [-0.15, -0.1) is 0 Å². The molecule has 0 spiro atoms. The van der Waals surface area contributed by atoms with Crippen molar-refractivity contribution in [1.29, 1.82) is 0 Å². The number of aromatic nitrogens is 2. The lowest BCUT2D eigenvalue weighted by Gasteiger charge is -2.28. The molecule has 12 heteroatoms. The first kappa shape index (κ1) is 22.5. The van der Waals surface area contributed by atoms with E-state index in [0.29, 0.717) is 31.6 Å². The Morgan fingerprint density at radius 3 is 2.48 bits per heavy atom. The summed E-state index contributed by atoms with van der Waals surface area (Å²) in [6, 6.07) is 1.04. The highest BCUT2D eigenvalue weighted by molar-refractivity contribution is 7.89. The standard InChI is InChI=1S/C17H27F3N4O4S/c1-23-16(11-15(22-23)17(18,19)20)29(25,26)24-6-2-3-14(12-28-10-7-24)21-13-4-8-27-9-5-13/h11,13-14,21H,2-10,12H2,1H3. The van der Waals surface area contributed by atoms with Crippen LogP contribution >= 0.6 is 0 Å². The van der Waals surface area contributed by atoms with Gasteiger partial charge in [0.2, 0.25) is 0 Å². The number of aryl methyl sites for hydroxylation is 1. The third-order valence-corrected chi connectivity index (χ3v) is 7.14. The van der Waals surface area contributed by atoms with Crippen LogP contribution in [0.3, 0.4) is 0 Å². The molecule has 3 heterocycles. The van der Waals surface area contributed by atoms with Crippen LogP contribution in [0.2, 0.25) is 0 Å². The number of nitrogens with zero attached hydrogens (tertiary/aromatic N) is 3. The van der Waals surface area contributed by atoms with E-state index in [0.717, 1.165) is 30.7 Å². The Morgan fingerprint density at radius 1 is 1.10 bits per heavy atom. The van der Waals surface area contributed by atoms with Crippen molar-refractivity contribution in [3.8, 4) is 0 Å². The molecule has 2 aliphatic heterocycles. The molecule has 3 rings (SSSR count). The van der Waals surface area contributed by atoms with Gasteiger partial charge in [-0.1, -0.05) is 0 Å². The van der Waals surface area contributed by atoms with Crippen molar-refractivity contribution >= 4 is 10.0 Å². The van der Waals surface area contributed by atoms with Crippen LogP contribution in [0, 0.1) is 0 Å². The average Bonchev–Trinajstić information content (AvgIpc) is 3.10. The molecule has 1 aromatic heterocycles. The Bertz CT molecular complexity index is 778. The lowest BCUT2D eigenvalue weighted by molar-refractivity contribution is -0.141. The van der Waals surface area contributed by atoms with Crippen LogP contribution in [-0.2, 0) is 32.7 Å². The first-order valence-corrected chi connectivity index (χ1v) is 11.1. The second-order valence-corrected chi connectivity index (χ2v) is 9.25. The summed E-state index contributed by atoms with van der Waals surface area (Å²) in [7, 11) is -2.92. The Hall–Kier alpha value is -1.21. The topological polar surface area (TPSA) is 85.7 Å². The van der Waals surface area contributed by atoms with Crippen molar-refractivity contribution in [2.75, 3.05) is 39.5 Å². The number of ether oxygens (including phenoxy) is 2. The third-order valence-electron chi connectivity index (χ3n) is 5.19. The van der Waals surface area contributed by atoms with Crippen molar-refractivity contribution in [2.45, 2.75) is 49.0 Å². The normalized spacial score (nSPS) is 24.1. The molecule has 2 fully saturated rings. The van der Waals surface area contributed by atoms with Crippen LogP contribution in [0.15, 0.2) is 11.1 Å². The maximum absolute atomic E-state index is 12.9. The van der Waals surface area contributed by atoms with Gasteiger partial charge in [0, 0.05) is 51.5 Å². The molecule has 8 nitrogen and oxygen atoms in total. The van der Waals surface area contributed by atoms with E-state index in [1.165, 1.54) is 11.4 Å². The highest BCUT2D eigenvalue weighted by atomic mass is 32.2. The molecule has 1 N–H and O–H groups in total. The van der Waals surface area contributed by atoms with Gasteiger partial charge in [-0.25, -0.2) is 8.42 Å². The van der Waals surface area contributed by atoms with E-state index in [2.05, 4.69) is 10.4 Å². The van der Waals surface area contributed by atoms with Gasteiger partial charge in [0.15, 0.2) is 10.7 Å². The Kier molecular flexibility index (Phi) is 7.20. The zero-order valence-electron chi connectivity index (χ0n) is 16.3. The van der Waals surface area contributed by atoms with Crippen molar-refractivity contribution in [1.82, 2.24) is 19.4 Å². The van der Waals surface area contributed by atoms with E-state index < -0.39 is 26.9 Å². The molecule has 0 bridgehead atoms. The minimum absolute atomic E-state index is 0.0822. The van der Waals surface area contributed by atoms with Crippen molar-refractivity contribution in [3.05, 3.63) is 11.8 Å². The predicted molar refractivity (Wildman–Crippen MR) is 97.8 cm³/mol. The van der Waals surface area contributed by atoms with Crippen LogP contribution in [0.5, 0.6) is 0 Å². The monoisotopic (exact) mass is 440 g/mol. The summed E-state index contributed by atoms with van der Waals surface area (Å²) in [6.45, 7) is 2.39. The molecule has 0 amide bonds. The number of alkyl halides is 3. The minimum Gasteiger partial charge on any atom is -0.381 e. The SMILES string of the molecule is Cn1nc(C(F)(F)F)cc1S(=O)(=O)N1CCCC(NC2CCOCC2)COCC1. The highest BCUT2D eigenvalue weighted by Crippen LogP contribution is 2.30. The molecular formula is C17H27F3N4O4S.